The molecule has 0 radical (unpaired) electrons. The summed E-state index contributed by atoms with van der Waals surface area (Å²) in [6.07, 6.45) is -0.405. The summed E-state index contributed by atoms with van der Waals surface area (Å²) in [7, 11) is 0. The fourth-order valence-electron chi connectivity index (χ4n) is 2.74. The summed E-state index contributed by atoms with van der Waals surface area (Å²) < 4.78 is 5.83. The second-order valence-corrected chi connectivity index (χ2v) is 5.24. The first-order valence-corrected chi connectivity index (χ1v) is 7.28. The Morgan fingerprint density at radius 2 is 2.05 bits per heavy atom. The van der Waals surface area contributed by atoms with Gasteiger partial charge in [0.1, 0.15) is 5.75 Å². The summed E-state index contributed by atoms with van der Waals surface area (Å²) in [5, 5.41) is 3.27. The molecule has 0 spiro atoms. The number of amides is 1. The van der Waals surface area contributed by atoms with E-state index in [0.717, 1.165) is 44.2 Å². The lowest BCUT2D eigenvalue weighted by atomic mass is 10.2. The monoisotopic (exact) mass is 275 g/mol. The number of anilines is 1. The number of hydrogen-bond acceptors (Lipinski definition) is 4. The van der Waals surface area contributed by atoms with Crippen LogP contribution >= 0.6 is 0 Å². The third kappa shape index (κ3) is 2.58. The topological polar surface area (TPSA) is 44.8 Å². The third-order valence-corrected chi connectivity index (χ3v) is 4.04. The molecule has 2 aliphatic rings. The predicted molar refractivity (Wildman–Crippen MR) is 78.0 cm³/mol. The number of nitrogens with one attached hydrogen (secondary N) is 1. The van der Waals surface area contributed by atoms with Gasteiger partial charge in [-0.15, -0.1) is 0 Å². The van der Waals surface area contributed by atoms with E-state index < -0.39 is 6.10 Å². The number of carbonyl (C=O) groups excluding carboxylic acids is 1. The summed E-state index contributed by atoms with van der Waals surface area (Å²) in [6.45, 7) is 7.27. The van der Waals surface area contributed by atoms with E-state index in [0.29, 0.717) is 6.54 Å². The van der Waals surface area contributed by atoms with Gasteiger partial charge in [0, 0.05) is 26.2 Å². The Bertz CT molecular complexity index is 484. The highest BCUT2D eigenvalue weighted by atomic mass is 16.5. The number of nitrogens with zero attached hydrogens (tertiary/aromatic N) is 2. The minimum Gasteiger partial charge on any atom is -0.477 e. The molecule has 0 saturated carbocycles. The van der Waals surface area contributed by atoms with Gasteiger partial charge in [-0.3, -0.25) is 4.79 Å². The van der Waals surface area contributed by atoms with Crippen LogP contribution in [0.3, 0.4) is 0 Å². The number of fused-ring (bicyclic) bond motifs is 1. The van der Waals surface area contributed by atoms with Crippen molar-refractivity contribution in [2.24, 2.45) is 0 Å². The molecule has 1 N–H and O–H groups in total. The fourth-order valence-corrected chi connectivity index (χ4v) is 2.74. The number of ether oxygens (including phenoxy) is 1. The van der Waals surface area contributed by atoms with Crippen molar-refractivity contribution in [2.75, 3.05) is 44.6 Å². The molecule has 2 aliphatic heterocycles. The minimum atomic E-state index is -0.405. The fraction of sp³-hybridized carbons (Fsp3) is 0.533. The van der Waals surface area contributed by atoms with Crippen molar-refractivity contribution in [3.63, 3.8) is 0 Å². The van der Waals surface area contributed by atoms with Gasteiger partial charge < -0.3 is 19.9 Å². The molecule has 1 aromatic carbocycles. The molecule has 20 heavy (non-hydrogen) atoms. The molecule has 0 aromatic heterocycles. The van der Waals surface area contributed by atoms with Crippen LogP contribution in [0.15, 0.2) is 24.3 Å². The van der Waals surface area contributed by atoms with Crippen LogP contribution < -0.4 is 10.1 Å². The Hall–Kier alpha value is -1.75. The van der Waals surface area contributed by atoms with Crippen molar-refractivity contribution in [1.82, 2.24) is 9.80 Å². The lowest BCUT2D eigenvalue weighted by Crippen LogP contribution is -2.54. The van der Waals surface area contributed by atoms with Crippen LogP contribution in [0.4, 0.5) is 5.69 Å². The molecule has 1 atom stereocenters. The molecule has 5 heteroatoms. The number of carbonyl (C=O) groups is 1. The molecule has 1 amide bonds. The number of rotatable bonds is 2. The first-order chi connectivity index (χ1) is 9.78. The maximum Gasteiger partial charge on any atom is 0.265 e. The molecule has 2 heterocycles. The maximum atomic E-state index is 12.5. The zero-order chi connectivity index (χ0) is 13.9. The standard InChI is InChI=1S/C15H21N3O2/c1-2-17-7-9-18(10-8-17)15(19)14-11-16-12-5-3-4-6-13(12)20-14/h3-6,14,16H,2,7-11H2,1H3. The largest absolute Gasteiger partial charge is 0.477 e. The minimum absolute atomic E-state index is 0.0998. The zero-order valence-electron chi connectivity index (χ0n) is 11.8. The highest BCUT2D eigenvalue weighted by Gasteiger charge is 2.31. The predicted octanol–water partition coefficient (Wildman–Crippen LogP) is 1.02. The molecule has 1 saturated heterocycles. The Labute approximate surface area is 119 Å². The normalized spacial score (nSPS) is 22.6. The third-order valence-electron chi connectivity index (χ3n) is 4.04. The van der Waals surface area contributed by atoms with Crippen molar-refractivity contribution >= 4 is 11.6 Å². The second kappa shape index (κ2) is 5.71. The quantitative estimate of drug-likeness (QED) is 0.875. The van der Waals surface area contributed by atoms with E-state index >= 15 is 0 Å². The van der Waals surface area contributed by atoms with Crippen molar-refractivity contribution in [3.8, 4) is 5.75 Å². The number of likely N-dealkylation sites (N-methyl/N-ethyl adjacent to an activating group) is 1. The van der Waals surface area contributed by atoms with Crippen molar-refractivity contribution < 1.29 is 9.53 Å². The summed E-state index contributed by atoms with van der Waals surface area (Å²) in [4.78, 5) is 16.8. The molecule has 0 aliphatic carbocycles. The van der Waals surface area contributed by atoms with Crippen LogP contribution in [0.25, 0.3) is 0 Å². The van der Waals surface area contributed by atoms with Gasteiger partial charge in [0.2, 0.25) is 0 Å². The van der Waals surface area contributed by atoms with E-state index in [2.05, 4.69) is 17.1 Å². The van der Waals surface area contributed by atoms with E-state index in [1.807, 2.05) is 29.2 Å². The lowest BCUT2D eigenvalue weighted by Gasteiger charge is -2.37. The van der Waals surface area contributed by atoms with Crippen molar-refractivity contribution in [1.29, 1.82) is 0 Å². The van der Waals surface area contributed by atoms with Gasteiger partial charge in [-0.25, -0.2) is 0 Å². The number of benzene rings is 1. The Morgan fingerprint density at radius 1 is 1.30 bits per heavy atom. The van der Waals surface area contributed by atoms with E-state index in [9.17, 15) is 4.79 Å². The van der Waals surface area contributed by atoms with Gasteiger partial charge in [-0.05, 0) is 18.7 Å². The van der Waals surface area contributed by atoms with Crippen LogP contribution in [-0.2, 0) is 4.79 Å². The van der Waals surface area contributed by atoms with Crippen LogP contribution in [0.5, 0.6) is 5.75 Å². The molecule has 108 valence electrons. The smallest absolute Gasteiger partial charge is 0.265 e. The summed E-state index contributed by atoms with van der Waals surface area (Å²) in [6, 6.07) is 7.75. The SMILES string of the molecule is CCN1CCN(C(=O)C2CNc3ccccc3O2)CC1. The molecule has 3 rings (SSSR count). The van der Waals surface area contributed by atoms with E-state index in [1.54, 1.807) is 0 Å². The first kappa shape index (κ1) is 13.2. The molecular weight excluding hydrogens is 254 g/mol. The highest BCUT2D eigenvalue weighted by molar-refractivity contribution is 5.83. The maximum absolute atomic E-state index is 12.5. The molecule has 0 bridgehead atoms. The summed E-state index contributed by atoms with van der Waals surface area (Å²) in [5.74, 6) is 0.868. The number of hydrogen-bond donors (Lipinski definition) is 1. The Balaban J connectivity index is 1.62. The molecular formula is C15H21N3O2. The van der Waals surface area contributed by atoms with Crippen molar-refractivity contribution in [3.05, 3.63) is 24.3 Å². The van der Waals surface area contributed by atoms with Gasteiger partial charge in [0.25, 0.3) is 5.91 Å². The van der Waals surface area contributed by atoms with Gasteiger partial charge in [-0.2, -0.15) is 0 Å². The molecule has 1 unspecified atom stereocenters. The number of para-hydroxylation sites is 2. The van der Waals surface area contributed by atoms with Crippen LogP contribution in [-0.4, -0.2) is 61.1 Å². The molecule has 1 fully saturated rings. The van der Waals surface area contributed by atoms with E-state index in [4.69, 9.17) is 4.74 Å². The van der Waals surface area contributed by atoms with Crippen LogP contribution in [0.2, 0.25) is 0 Å². The van der Waals surface area contributed by atoms with Crippen LogP contribution in [0.1, 0.15) is 6.92 Å². The van der Waals surface area contributed by atoms with Crippen molar-refractivity contribution in [2.45, 2.75) is 13.0 Å². The van der Waals surface area contributed by atoms with Crippen LogP contribution in [0, 0.1) is 0 Å². The zero-order valence-corrected chi connectivity index (χ0v) is 11.8. The van der Waals surface area contributed by atoms with Gasteiger partial charge in [0.05, 0.1) is 12.2 Å². The van der Waals surface area contributed by atoms with Gasteiger partial charge in [-0.1, -0.05) is 19.1 Å². The molecule has 1 aromatic rings. The molecule has 5 nitrogen and oxygen atoms in total. The Kier molecular flexibility index (Phi) is 3.78. The van der Waals surface area contributed by atoms with Gasteiger partial charge >= 0.3 is 0 Å². The number of piperazine rings is 1. The lowest BCUT2D eigenvalue weighted by molar-refractivity contribution is -0.140. The highest BCUT2D eigenvalue weighted by Crippen LogP contribution is 2.28. The van der Waals surface area contributed by atoms with E-state index in [1.165, 1.54) is 0 Å². The summed E-state index contributed by atoms with van der Waals surface area (Å²) in [5.41, 5.74) is 0.965. The first-order valence-electron chi connectivity index (χ1n) is 7.28. The van der Waals surface area contributed by atoms with E-state index in [-0.39, 0.29) is 5.91 Å². The average molecular weight is 275 g/mol. The Morgan fingerprint density at radius 3 is 2.80 bits per heavy atom. The second-order valence-electron chi connectivity index (χ2n) is 5.24. The van der Waals surface area contributed by atoms with Gasteiger partial charge in [0.15, 0.2) is 6.10 Å². The summed E-state index contributed by atoms with van der Waals surface area (Å²) >= 11 is 0. The average Bonchev–Trinajstić information content (AvgIpc) is 2.54.